The third-order valence-corrected chi connectivity index (χ3v) is 4.41. The van der Waals surface area contributed by atoms with Crippen LogP contribution in [-0.4, -0.2) is 6.04 Å². The number of nitrogens with two attached hydrogens (primary N) is 1. The SMILES string of the molecule is CCC(N)C(OCc1ccco1)c1ccc(Br)s1. The summed E-state index contributed by atoms with van der Waals surface area (Å²) in [6.07, 6.45) is 2.43. The number of hydrogen-bond acceptors (Lipinski definition) is 4. The molecule has 18 heavy (non-hydrogen) atoms. The Morgan fingerprint density at radius 1 is 1.44 bits per heavy atom. The largest absolute Gasteiger partial charge is 0.467 e. The summed E-state index contributed by atoms with van der Waals surface area (Å²) < 4.78 is 12.3. The van der Waals surface area contributed by atoms with E-state index >= 15 is 0 Å². The first-order chi connectivity index (χ1) is 8.70. The van der Waals surface area contributed by atoms with Gasteiger partial charge in [-0.2, -0.15) is 0 Å². The van der Waals surface area contributed by atoms with Crippen molar-refractivity contribution >= 4 is 27.3 Å². The Morgan fingerprint density at radius 2 is 2.28 bits per heavy atom. The number of rotatable bonds is 6. The van der Waals surface area contributed by atoms with E-state index in [1.807, 2.05) is 18.2 Å². The molecule has 2 heterocycles. The summed E-state index contributed by atoms with van der Waals surface area (Å²) in [7, 11) is 0. The van der Waals surface area contributed by atoms with E-state index in [0.717, 1.165) is 20.8 Å². The zero-order chi connectivity index (χ0) is 13.0. The second-order valence-electron chi connectivity index (χ2n) is 4.02. The van der Waals surface area contributed by atoms with Crippen LogP contribution in [0.15, 0.2) is 38.7 Å². The second kappa shape index (κ2) is 6.52. The van der Waals surface area contributed by atoms with Crippen LogP contribution in [0, 0.1) is 0 Å². The monoisotopic (exact) mass is 329 g/mol. The summed E-state index contributed by atoms with van der Waals surface area (Å²) in [5.41, 5.74) is 6.13. The van der Waals surface area contributed by atoms with Gasteiger partial charge < -0.3 is 14.9 Å². The fourth-order valence-corrected chi connectivity index (χ4v) is 3.23. The first-order valence-electron chi connectivity index (χ1n) is 5.85. The molecule has 2 aromatic rings. The molecular weight excluding hydrogens is 314 g/mol. The van der Waals surface area contributed by atoms with Gasteiger partial charge in [0.2, 0.25) is 0 Å². The first-order valence-corrected chi connectivity index (χ1v) is 7.46. The van der Waals surface area contributed by atoms with Gasteiger partial charge in [0.05, 0.1) is 10.0 Å². The first kappa shape index (κ1) is 13.8. The molecule has 0 radical (unpaired) electrons. The predicted molar refractivity (Wildman–Crippen MR) is 76.5 cm³/mol. The van der Waals surface area contributed by atoms with Crippen LogP contribution < -0.4 is 5.73 Å². The minimum atomic E-state index is -0.0867. The molecule has 2 rings (SSSR count). The topological polar surface area (TPSA) is 48.4 Å². The summed E-state index contributed by atoms with van der Waals surface area (Å²) in [6.45, 7) is 2.51. The Balaban J connectivity index is 2.05. The highest BCUT2D eigenvalue weighted by Gasteiger charge is 2.21. The number of halogens is 1. The van der Waals surface area contributed by atoms with E-state index in [9.17, 15) is 0 Å². The molecule has 0 spiro atoms. The lowest BCUT2D eigenvalue weighted by Gasteiger charge is -2.21. The van der Waals surface area contributed by atoms with Crippen molar-refractivity contribution in [3.63, 3.8) is 0 Å². The number of hydrogen-bond donors (Lipinski definition) is 1. The van der Waals surface area contributed by atoms with Gasteiger partial charge in [-0.3, -0.25) is 0 Å². The van der Waals surface area contributed by atoms with Crippen molar-refractivity contribution in [2.45, 2.75) is 32.1 Å². The molecule has 0 aliphatic heterocycles. The van der Waals surface area contributed by atoms with Crippen LogP contribution in [0.3, 0.4) is 0 Å². The normalized spacial score (nSPS) is 14.6. The highest BCUT2D eigenvalue weighted by atomic mass is 79.9. The van der Waals surface area contributed by atoms with Gasteiger partial charge in [0.15, 0.2) is 0 Å². The molecule has 2 N–H and O–H groups in total. The lowest BCUT2D eigenvalue weighted by molar-refractivity contribution is 0.0149. The molecule has 2 unspecified atom stereocenters. The molecule has 5 heteroatoms. The zero-order valence-corrected chi connectivity index (χ0v) is 12.5. The summed E-state index contributed by atoms with van der Waals surface area (Å²) in [6, 6.07) is 7.82. The van der Waals surface area contributed by atoms with E-state index in [-0.39, 0.29) is 12.1 Å². The van der Waals surface area contributed by atoms with E-state index in [4.69, 9.17) is 14.9 Å². The van der Waals surface area contributed by atoms with E-state index in [2.05, 4.69) is 28.9 Å². The highest BCUT2D eigenvalue weighted by molar-refractivity contribution is 9.11. The summed E-state index contributed by atoms with van der Waals surface area (Å²) in [5, 5.41) is 0. The van der Waals surface area contributed by atoms with Crippen molar-refractivity contribution < 1.29 is 9.15 Å². The third-order valence-electron chi connectivity index (χ3n) is 2.72. The molecule has 0 aliphatic carbocycles. The zero-order valence-electron chi connectivity index (χ0n) is 10.1. The van der Waals surface area contributed by atoms with E-state index in [1.54, 1.807) is 17.6 Å². The molecule has 3 nitrogen and oxygen atoms in total. The fraction of sp³-hybridized carbons (Fsp3) is 0.385. The van der Waals surface area contributed by atoms with Crippen LogP contribution in [0.1, 0.15) is 30.1 Å². The lowest BCUT2D eigenvalue weighted by atomic mass is 10.1. The average Bonchev–Trinajstić information content (AvgIpc) is 3.01. The van der Waals surface area contributed by atoms with E-state index in [1.165, 1.54) is 0 Å². The van der Waals surface area contributed by atoms with E-state index in [0.29, 0.717) is 6.61 Å². The quantitative estimate of drug-likeness (QED) is 0.867. The van der Waals surface area contributed by atoms with Gasteiger partial charge in [-0.25, -0.2) is 0 Å². The van der Waals surface area contributed by atoms with Crippen LogP contribution in [0.2, 0.25) is 0 Å². The van der Waals surface area contributed by atoms with Crippen molar-refractivity contribution in [3.8, 4) is 0 Å². The van der Waals surface area contributed by atoms with Gasteiger partial charge in [-0.1, -0.05) is 6.92 Å². The van der Waals surface area contributed by atoms with Gasteiger partial charge >= 0.3 is 0 Å². The Labute approximate surface area is 119 Å². The van der Waals surface area contributed by atoms with Gasteiger partial charge in [0.1, 0.15) is 18.5 Å². The molecule has 98 valence electrons. The number of thiophene rings is 1. The minimum Gasteiger partial charge on any atom is -0.467 e. The fourth-order valence-electron chi connectivity index (χ4n) is 1.68. The van der Waals surface area contributed by atoms with Gasteiger partial charge in [0, 0.05) is 10.9 Å². The van der Waals surface area contributed by atoms with Crippen LogP contribution in [0.25, 0.3) is 0 Å². The van der Waals surface area contributed by atoms with Crippen molar-refractivity contribution in [2.75, 3.05) is 0 Å². The van der Waals surface area contributed by atoms with E-state index < -0.39 is 0 Å². The molecular formula is C13H16BrNO2S. The van der Waals surface area contributed by atoms with Crippen molar-refractivity contribution in [1.82, 2.24) is 0 Å². The highest BCUT2D eigenvalue weighted by Crippen LogP contribution is 2.32. The van der Waals surface area contributed by atoms with Gasteiger partial charge in [-0.05, 0) is 46.6 Å². The van der Waals surface area contributed by atoms with Crippen molar-refractivity contribution in [2.24, 2.45) is 5.73 Å². The minimum absolute atomic E-state index is 0.00878. The third kappa shape index (κ3) is 3.45. The van der Waals surface area contributed by atoms with Crippen LogP contribution in [0.5, 0.6) is 0 Å². The van der Waals surface area contributed by atoms with Crippen LogP contribution in [-0.2, 0) is 11.3 Å². The summed E-state index contributed by atoms with van der Waals surface area (Å²) in [5.74, 6) is 0.818. The molecule has 0 fully saturated rings. The van der Waals surface area contributed by atoms with Gasteiger partial charge in [-0.15, -0.1) is 11.3 Å². The average molecular weight is 330 g/mol. The van der Waals surface area contributed by atoms with Gasteiger partial charge in [0.25, 0.3) is 0 Å². The van der Waals surface area contributed by atoms with Crippen LogP contribution in [0.4, 0.5) is 0 Å². The van der Waals surface area contributed by atoms with Crippen molar-refractivity contribution in [1.29, 1.82) is 0 Å². The Kier molecular flexibility index (Phi) is 5.00. The standard InChI is InChI=1S/C13H16BrNO2S/c1-2-10(15)13(11-5-6-12(14)18-11)17-8-9-4-3-7-16-9/h3-7,10,13H,2,8,15H2,1H3. The Morgan fingerprint density at radius 3 is 2.83 bits per heavy atom. The number of ether oxygens (including phenoxy) is 1. The molecule has 0 saturated heterocycles. The molecule has 0 aliphatic rings. The summed E-state index contributed by atoms with van der Waals surface area (Å²) in [4.78, 5) is 1.14. The maximum absolute atomic E-state index is 6.13. The molecule has 0 bridgehead atoms. The Bertz CT molecular complexity index is 469. The van der Waals surface area contributed by atoms with Crippen LogP contribution >= 0.6 is 27.3 Å². The lowest BCUT2D eigenvalue weighted by Crippen LogP contribution is -2.28. The number of furan rings is 1. The molecule has 0 amide bonds. The smallest absolute Gasteiger partial charge is 0.129 e. The maximum Gasteiger partial charge on any atom is 0.129 e. The predicted octanol–water partition coefficient (Wildman–Crippen LogP) is 4.10. The molecule has 0 aromatic carbocycles. The van der Waals surface area contributed by atoms with Crippen molar-refractivity contribution in [3.05, 3.63) is 45.0 Å². The molecule has 0 saturated carbocycles. The second-order valence-corrected chi connectivity index (χ2v) is 6.52. The maximum atomic E-state index is 6.13. The Hall–Kier alpha value is -0.620. The summed E-state index contributed by atoms with van der Waals surface area (Å²) >= 11 is 5.12. The molecule has 2 atom stereocenters. The molecule has 2 aromatic heterocycles.